The monoisotopic (exact) mass is 520 g/mol. The number of hydrogen-bond donors (Lipinski definition) is 1. The van der Waals surface area contributed by atoms with E-state index in [0.29, 0.717) is 28.3 Å². The highest BCUT2D eigenvalue weighted by Crippen LogP contribution is 2.48. The molecule has 3 aromatic carbocycles. The maximum absolute atomic E-state index is 14.0. The number of ketones is 1. The van der Waals surface area contributed by atoms with Gasteiger partial charge in [0.15, 0.2) is 18.3 Å². The molecule has 1 N–H and O–H groups in total. The molecule has 39 heavy (non-hydrogen) atoms. The fourth-order valence-electron chi connectivity index (χ4n) is 5.55. The largest absolute Gasteiger partial charge is 0.488 e. The summed E-state index contributed by atoms with van der Waals surface area (Å²) in [7, 11) is 1.64. The highest BCUT2D eigenvalue weighted by Gasteiger charge is 2.53. The number of amides is 1. The highest BCUT2D eigenvalue weighted by molar-refractivity contribution is 6.04. The van der Waals surface area contributed by atoms with Gasteiger partial charge in [0, 0.05) is 41.1 Å². The zero-order valence-electron chi connectivity index (χ0n) is 21.3. The zero-order chi connectivity index (χ0) is 26.9. The summed E-state index contributed by atoms with van der Waals surface area (Å²) in [5.74, 6) is 1.04. The van der Waals surface area contributed by atoms with Crippen LogP contribution in [0.1, 0.15) is 32.6 Å². The van der Waals surface area contributed by atoms with E-state index >= 15 is 0 Å². The van der Waals surface area contributed by atoms with Crippen molar-refractivity contribution in [3.8, 4) is 28.5 Å². The summed E-state index contributed by atoms with van der Waals surface area (Å²) in [6.07, 6.45) is 0.326. The van der Waals surface area contributed by atoms with Crippen molar-refractivity contribution in [3.05, 3.63) is 101 Å². The third kappa shape index (κ3) is 3.45. The van der Waals surface area contributed by atoms with E-state index in [0.717, 1.165) is 28.1 Å². The van der Waals surface area contributed by atoms with Crippen LogP contribution in [0.4, 0.5) is 5.69 Å². The first-order valence-electron chi connectivity index (χ1n) is 12.6. The van der Waals surface area contributed by atoms with Crippen LogP contribution in [0.15, 0.2) is 72.9 Å². The minimum atomic E-state index is -1.81. The molecule has 3 aliphatic heterocycles. The molecule has 8 heteroatoms. The molecule has 0 bridgehead atoms. The number of carbonyl (C=O) groups is 2. The lowest BCUT2D eigenvalue weighted by Gasteiger charge is -2.30. The summed E-state index contributed by atoms with van der Waals surface area (Å²) in [5.41, 5.74) is 3.43. The summed E-state index contributed by atoms with van der Waals surface area (Å²) < 4.78 is 17.6. The van der Waals surface area contributed by atoms with Crippen molar-refractivity contribution in [1.82, 2.24) is 4.98 Å². The van der Waals surface area contributed by atoms with Crippen molar-refractivity contribution in [1.29, 1.82) is 0 Å². The predicted molar refractivity (Wildman–Crippen MR) is 142 cm³/mol. The smallest absolute Gasteiger partial charge is 0.264 e. The number of aliphatic hydroxyl groups is 1. The van der Waals surface area contributed by atoms with Gasteiger partial charge in [0.05, 0.1) is 11.4 Å². The molecule has 0 spiro atoms. The number of hydrogen-bond acceptors (Lipinski definition) is 7. The van der Waals surface area contributed by atoms with Gasteiger partial charge in [-0.25, -0.2) is 0 Å². The number of carbonyl (C=O) groups excluding carboxylic acids is 2. The van der Waals surface area contributed by atoms with Crippen LogP contribution in [-0.2, 0) is 17.0 Å². The summed E-state index contributed by atoms with van der Waals surface area (Å²) in [5, 5.41) is 12.4. The second-order valence-electron chi connectivity index (χ2n) is 10.1. The van der Waals surface area contributed by atoms with E-state index in [2.05, 4.69) is 0 Å². The van der Waals surface area contributed by atoms with Crippen molar-refractivity contribution in [2.24, 2.45) is 0 Å². The van der Waals surface area contributed by atoms with Gasteiger partial charge in [-0.3, -0.25) is 14.6 Å². The fourth-order valence-corrected chi connectivity index (χ4v) is 5.55. The van der Waals surface area contributed by atoms with Crippen LogP contribution >= 0.6 is 0 Å². The quantitative estimate of drug-likeness (QED) is 0.405. The molecule has 194 valence electrons. The molecule has 4 aromatic rings. The Kier molecular flexibility index (Phi) is 5.05. The summed E-state index contributed by atoms with van der Waals surface area (Å²) >= 11 is 0. The molecule has 3 aliphatic rings. The van der Waals surface area contributed by atoms with Crippen molar-refractivity contribution in [2.45, 2.75) is 25.2 Å². The maximum Gasteiger partial charge on any atom is 0.264 e. The van der Waals surface area contributed by atoms with E-state index in [1.54, 1.807) is 55.7 Å². The number of benzene rings is 3. The van der Waals surface area contributed by atoms with Crippen LogP contribution in [0.3, 0.4) is 0 Å². The molecule has 7 rings (SSSR count). The second-order valence-corrected chi connectivity index (χ2v) is 10.1. The van der Waals surface area contributed by atoms with Gasteiger partial charge >= 0.3 is 0 Å². The van der Waals surface area contributed by atoms with Crippen LogP contribution in [0.25, 0.3) is 11.3 Å². The Labute approximate surface area is 224 Å². The third-order valence-electron chi connectivity index (χ3n) is 7.67. The number of anilines is 1. The number of Topliss-reactive ketones (excluding diaryl/α,β-unsaturated/α-hetero) is 1. The van der Waals surface area contributed by atoms with E-state index < -0.39 is 17.5 Å². The lowest BCUT2D eigenvalue weighted by molar-refractivity contribution is -0.121. The van der Waals surface area contributed by atoms with Gasteiger partial charge in [0.1, 0.15) is 23.9 Å². The molecule has 0 aliphatic carbocycles. The number of aryl methyl sites for hydroxylation is 1. The predicted octanol–water partition coefficient (Wildman–Crippen LogP) is 4.18. The average Bonchev–Trinajstić information content (AvgIpc) is 3.27. The number of aromatic nitrogens is 1. The van der Waals surface area contributed by atoms with Crippen molar-refractivity contribution in [2.75, 3.05) is 18.6 Å². The van der Waals surface area contributed by atoms with Crippen LogP contribution in [0, 0.1) is 6.92 Å². The molecule has 2 atom stereocenters. The lowest BCUT2D eigenvalue weighted by atomic mass is 9.80. The molecule has 0 saturated carbocycles. The Balaban J connectivity index is 1.33. The minimum absolute atomic E-state index is 0.0589. The summed E-state index contributed by atoms with van der Waals surface area (Å²) in [4.78, 5) is 32.4. The number of pyridine rings is 1. The second kappa shape index (κ2) is 8.41. The van der Waals surface area contributed by atoms with Crippen molar-refractivity contribution in [3.63, 3.8) is 0 Å². The Morgan fingerprint density at radius 2 is 1.79 bits per heavy atom. The molecule has 1 amide bonds. The normalized spacial score (nSPS) is 20.5. The van der Waals surface area contributed by atoms with Crippen LogP contribution in [-0.4, -0.2) is 41.5 Å². The van der Waals surface area contributed by atoms with Crippen molar-refractivity contribution < 1.29 is 28.9 Å². The molecular weight excluding hydrogens is 496 g/mol. The van der Waals surface area contributed by atoms with E-state index in [4.69, 9.17) is 19.2 Å². The maximum atomic E-state index is 14.0. The van der Waals surface area contributed by atoms with Gasteiger partial charge in [-0.1, -0.05) is 29.8 Å². The third-order valence-corrected chi connectivity index (χ3v) is 7.67. The zero-order valence-corrected chi connectivity index (χ0v) is 21.3. The van der Waals surface area contributed by atoms with Crippen LogP contribution in [0.2, 0.25) is 0 Å². The number of likely N-dealkylation sites (N-methyl/N-ethyl adjacent to an activating group) is 1. The highest BCUT2D eigenvalue weighted by atomic mass is 16.5. The minimum Gasteiger partial charge on any atom is -0.488 e. The summed E-state index contributed by atoms with van der Waals surface area (Å²) in [6, 6.07) is 19.7. The average molecular weight is 521 g/mol. The number of nitrogens with zero attached hydrogens (tertiary/aromatic N) is 2. The van der Waals surface area contributed by atoms with Crippen molar-refractivity contribution >= 4 is 17.4 Å². The Morgan fingerprint density at radius 3 is 2.67 bits per heavy atom. The first kappa shape index (κ1) is 23.4. The first-order valence-corrected chi connectivity index (χ1v) is 12.6. The van der Waals surface area contributed by atoms with Gasteiger partial charge in [-0.15, -0.1) is 0 Å². The number of rotatable bonds is 3. The number of para-hydroxylation sites is 1. The van der Waals surface area contributed by atoms with E-state index in [1.165, 1.54) is 4.90 Å². The molecular formula is C31H24N2O6. The number of ether oxygens (including phenoxy) is 3. The Morgan fingerprint density at radius 1 is 1.00 bits per heavy atom. The molecule has 0 radical (unpaired) electrons. The summed E-state index contributed by atoms with van der Waals surface area (Å²) in [6.45, 7) is 2.24. The first-order chi connectivity index (χ1) is 18.8. The van der Waals surface area contributed by atoms with Crippen LogP contribution < -0.4 is 19.1 Å². The molecule has 4 heterocycles. The van der Waals surface area contributed by atoms with Gasteiger partial charge < -0.3 is 24.2 Å². The van der Waals surface area contributed by atoms with Crippen LogP contribution in [0.5, 0.6) is 17.2 Å². The molecule has 0 saturated heterocycles. The lowest BCUT2D eigenvalue weighted by Crippen LogP contribution is -2.45. The Bertz CT molecular complexity index is 1700. The van der Waals surface area contributed by atoms with Gasteiger partial charge in [-0.2, -0.15) is 0 Å². The topological polar surface area (TPSA) is 98.2 Å². The SMILES string of the molecule is Cc1ccc2c(c1)-c1ncc(C3(O)c4ccccc4OC3C(=O)c3ccc4c(c3)N(C)C(=O)CO4)cc1CO2. The molecule has 0 fully saturated rings. The van der Waals surface area contributed by atoms with E-state index in [9.17, 15) is 14.7 Å². The van der Waals surface area contributed by atoms with Gasteiger partial charge in [0.25, 0.3) is 5.91 Å². The van der Waals surface area contributed by atoms with E-state index in [1.807, 2.05) is 31.2 Å². The van der Waals surface area contributed by atoms with Gasteiger partial charge in [0.2, 0.25) is 5.78 Å². The van der Waals surface area contributed by atoms with E-state index in [-0.39, 0.29) is 24.7 Å². The van der Waals surface area contributed by atoms with Gasteiger partial charge in [-0.05, 0) is 49.4 Å². The standard InChI is InChI=1S/C31H24N2O6/c1-17-7-9-24-21(11-17)28-19(15-37-24)12-20(14-32-28)31(36)22-5-3-4-6-25(22)39-30(31)29(35)18-8-10-26-23(13-18)33(2)27(34)16-38-26/h3-14,30,36H,15-16H2,1-2H3. The Hall–Kier alpha value is -4.69. The molecule has 1 aromatic heterocycles. The molecule has 2 unspecified atom stereocenters. The fraction of sp³-hybridized carbons (Fsp3) is 0.194. The number of fused-ring (bicyclic) bond motifs is 5. The molecule has 8 nitrogen and oxygen atoms in total.